The number of aromatic nitrogens is 1. The zero-order valence-corrected chi connectivity index (χ0v) is 11.0. The van der Waals surface area contributed by atoms with Gasteiger partial charge < -0.3 is 4.74 Å². The van der Waals surface area contributed by atoms with Crippen molar-refractivity contribution < 1.29 is 9.13 Å². The fourth-order valence-corrected chi connectivity index (χ4v) is 2.17. The standard InChI is InChI=1S/C14H22FNO/c1-4-9-14(15,10-5-2)12-8-7-11-16-13(12)17-6-3/h7-8,11H,4-6,9-10H2,1-3H3. The second-order valence-electron chi connectivity index (χ2n) is 4.25. The lowest BCUT2D eigenvalue weighted by molar-refractivity contribution is 0.127. The molecular formula is C14H22FNO. The monoisotopic (exact) mass is 239 g/mol. The Hall–Kier alpha value is -1.12. The molecule has 0 bridgehead atoms. The van der Waals surface area contributed by atoms with Crippen LogP contribution in [0.4, 0.5) is 4.39 Å². The van der Waals surface area contributed by atoms with Gasteiger partial charge in [0.05, 0.1) is 12.2 Å². The van der Waals surface area contributed by atoms with Gasteiger partial charge in [-0.15, -0.1) is 0 Å². The summed E-state index contributed by atoms with van der Waals surface area (Å²) in [5.74, 6) is 0.444. The molecule has 1 heterocycles. The third kappa shape index (κ3) is 3.42. The van der Waals surface area contributed by atoms with Crippen LogP contribution in [0.5, 0.6) is 5.88 Å². The van der Waals surface area contributed by atoms with E-state index in [4.69, 9.17) is 4.74 Å². The Morgan fingerprint density at radius 1 is 1.24 bits per heavy atom. The average molecular weight is 239 g/mol. The summed E-state index contributed by atoms with van der Waals surface area (Å²) in [5.41, 5.74) is -0.701. The first kappa shape index (κ1) is 13.9. The van der Waals surface area contributed by atoms with Crippen LogP contribution in [0.15, 0.2) is 18.3 Å². The van der Waals surface area contributed by atoms with Crippen molar-refractivity contribution in [2.45, 2.75) is 52.1 Å². The summed E-state index contributed by atoms with van der Waals surface area (Å²) in [4.78, 5) is 4.14. The van der Waals surface area contributed by atoms with E-state index < -0.39 is 5.67 Å². The van der Waals surface area contributed by atoms with Gasteiger partial charge in [0.15, 0.2) is 0 Å². The summed E-state index contributed by atoms with van der Waals surface area (Å²) in [5, 5.41) is 0. The van der Waals surface area contributed by atoms with E-state index in [1.54, 1.807) is 18.3 Å². The Morgan fingerprint density at radius 3 is 2.41 bits per heavy atom. The molecule has 17 heavy (non-hydrogen) atoms. The Bertz CT molecular complexity index is 335. The van der Waals surface area contributed by atoms with Crippen LogP contribution in [0.25, 0.3) is 0 Å². The smallest absolute Gasteiger partial charge is 0.219 e. The fourth-order valence-electron chi connectivity index (χ4n) is 2.17. The molecule has 96 valence electrons. The van der Waals surface area contributed by atoms with E-state index in [9.17, 15) is 4.39 Å². The molecule has 0 aliphatic rings. The summed E-state index contributed by atoms with van der Waals surface area (Å²) in [7, 11) is 0. The van der Waals surface area contributed by atoms with Crippen LogP contribution >= 0.6 is 0 Å². The van der Waals surface area contributed by atoms with E-state index in [1.165, 1.54) is 0 Å². The molecule has 0 unspecified atom stereocenters. The zero-order chi connectivity index (χ0) is 12.7. The molecule has 0 amide bonds. The van der Waals surface area contributed by atoms with Gasteiger partial charge in [0.25, 0.3) is 0 Å². The van der Waals surface area contributed by atoms with Crippen molar-refractivity contribution in [2.75, 3.05) is 6.61 Å². The average Bonchev–Trinajstić information content (AvgIpc) is 2.31. The predicted octanol–water partition coefficient (Wildman–Crippen LogP) is 4.25. The predicted molar refractivity (Wildman–Crippen MR) is 68.0 cm³/mol. The van der Waals surface area contributed by atoms with E-state index in [2.05, 4.69) is 4.98 Å². The minimum absolute atomic E-state index is 0.444. The van der Waals surface area contributed by atoms with Gasteiger partial charge in [-0.3, -0.25) is 0 Å². The Labute approximate surface area is 103 Å². The number of rotatable bonds is 7. The molecule has 0 saturated carbocycles. The number of pyridine rings is 1. The van der Waals surface area contributed by atoms with Crippen molar-refractivity contribution >= 4 is 0 Å². The van der Waals surface area contributed by atoms with E-state index in [1.807, 2.05) is 20.8 Å². The van der Waals surface area contributed by atoms with Crippen LogP contribution in [0.2, 0.25) is 0 Å². The second-order valence-corrected chi connectivity index (χ2v) is 4.25. The van der Waals surface area contributed by atoms with Crippen LogP contribution in [0, 0.1) is 0 Å². The van der Waals surface area contributed by atoms with Crippen molar-refractivity contribution in [3.8, 4) is 5.88 Å². The molecule has 3 heteroatoms. The van der Waals surface area contributed by atoms with Gasteiger partial charge in [0.1, 0.15) is 5.67 Å². The lowest BCUT2D eigenvalue weighted by Crippen LogP contribution is -2.21. The van der Waals surface area contributed by atoms with Crippen molar-refractivity contribution in [3.05, 3.63) is 23.9 Å². The van der Waals surface area contributed by atoms with Crippen LogP contribution in [0.1, 0.15) is 52.0 Å². The first-order valence-electron chi connectivity index (χ1n) is 6.45. The maximum Gasteiger partial charge on any atom is 0.219 e. The van der Waals surface area contributed by atoms with Crippen LogP contribution in [0.3, 0.4) is 0 Å². The molecule has 1 rings (SSSR count). The van der Waals surface area contributed by atoms with Crippen molar-refractivity contribution in [2.24, 2.45) is 0 Å². The largest absolute Gasteiger partial charge is 0.478 e. The van der Waals surface area contributed by atoms with Gasteiger partial charge in [-0.25, -0.2) is 9.37 Å². The Morgan fingerprint density at radius 2 is 1.88 bits per heavy atom. The molecule has 0 aliphatic heterocycles. The van der Waals surface area contributed by atoms with Gasteiger partial charge in [-0.2, -0.15) is 0 Å². The van der Waals surface area contributed by atoms with Crippen molar-refractivity contribution in [3.63, 3.8) is 0 Å². The van der Waals surface area contributed by atoms with Crippen molar-refractivity contribution in [1.82, 2.24) is 4.98 Å². The normalized spacial score (nSPS) is 11.5. The summed E-state index contributed by atoms with van der Waals surface area (Å²) < 4.78 is 20.4. The minimum Gasteiger partial charge on any atom is -0.478 e. The summed E-state index contributed by atoms with van der Waals surface area (Å²) >= 11 is 0. The van der Waals surface area contributed by atoms with Gasteiger partial charge in [-0.1, -0.05) is 26.7 Å². The number of alkyl halides is 1. The highest BCUT2D eigenvalue weighted by molar-refractivity contribution is 5.31. The molecular weight excluding hydrogens is 217 g/mol. The first-order valence-corrected chi connectivity index (χ1v) is 6.45. The molecule has 1 aromatic heterocycles. The highest BCUT2D eigenvalue weighted by atomic mass is 19.1. The number of halogens is 1. The Balaban J connectivity index is 3.08. The first-order chi connectivity index (χ1) is 8.18. The maximum atomic E-state index is 15.0. The van der Waals surface area contributed by atoms with Crippen molar-refractivity contribution in [1.29, 1.82) is 0 Å². The molecule has 0 radical (unpaired) electrons. The molecule has 2 nitrogen and oxygen atoms in total. The maximum absolute atomic E-state index is 15.0. The number of hydrogen-bond donors (Lipinski definition) is 0. The van der Waals surface area contributed by atoms with E-state index in [-0.39, 0.29) is 0 Å². The van der Waals surface area contributed by atoms with Crippen LogP contribution < -0.4 is 4.74 Å². The number of nitrogens with zero attached hydrogens (tertiary/aromatic N) is 1. The number of ether oxygens (including phenoxy) is 1. The van der Waals surface area contributed by atoms with Gasteiger partial charge in [0.2, 0.25) is 5.88 Å². The third-order valence-corrected chi connectivity index (χ3v) is 2.83. The quantitative estimate of drug-likeness (QED) is 0.709. The summed E-state index contributed by atoms with van der Waals surface area (Å²) in [6.45, 7) is 6.40. The van der Waals surface area contributed by atoms with Gasteiger partial charge in [0, 0.05) is 6.20 Å². The SMILES string of the molecule is CCCC(F)(CCC)c1cccnc1OCC. The van der Waals surface area contributed by atoms with E-state index >= 15 is 0 Å². The molecule has 0 saturated heterocycles. The topological polar surface area (TPSA) is 22.1 Å². The highest BCUT2D eigenvalue weighted by Crippen LogP contribution is 2.39. The van der Waals surface area contributed by atoms with E-state index in [0.717, 1.165) is 12.8 Å². The highest BCUT2D eigenvalue weighted by Gasteiger charge is 2.33. The van der Waals surface area contributed by atoms with Crippen LogP contribution in [-0.4, -0.2) is 11.6 Å². The molecule has 0 N–H and O–H groups in total. The van der Waals surface area contributed by atoms with Gasteiger partial charge >= 0.3 is 0 Å². The number of hydrogen-bond acceptors (Lipinski definition) is 2. The third-order valence-electron chi connectivity index (χ3n) is 2.83. The second kappa shape index (κ2) is 6.58. The summed E-state index contributed by atoms with van der Waals surface area (Å²) in [6, 6.07) is 3.57. The molecule has 1 aromatic rings. The van der Waals surface area contributed by atoms with E-state index in [0.29, 0.717) is 30.9 Å². The molecule has 0 spiro atoms. The zero-order valence-electron chi connectivity index (χ0n) is 11.0. The Kier molecular flexibility index (Phi) is 5.39. The van der Waals surface area contributed by atoms with Gasteiger partial charge in [-0.05, 0) is 31.9 Å². The lowest BCUT2D eigenvalue weighted by atomic mass is 9.87. The molecule has 0 atom stereocenters. The molecule has 0 aromatic carbocycles. The van der Waals surface area contributed by atoms with Crippen LogP contribution in [-0.2, 0) is 5.67 Å². The lowest BCUT2D eigenvalue weighted by Gasteiger charge is -2.26. The fraction of sp³-hybridized carbons (Fsp3) is 0.643. The molecule has 0 fully saturated rings. The summed E-state index contributed by atoms with van der Waals surface area (Å²) in [6.07, 6.45) is 4.32. The molecule has 0 aliphatic carbocycles. The minimum atomic E-state index is -1.30.